The third-order valence-electron chi connectivity index (χ3n) is 12.2. The lowest BCUT2D eigenvalue weighted by molar-refractivity contribution is -0.152. The molecule has 324 valence electrons. The van der Waals surface area contributed by atoms with Gasteiger partial charge in [-0.15, -0.1) is 0 Å². The van der Waals surface area contributed by atoms with E-state index in [1.807, 2.05) is 36.8 Å². The van der Waals surface area contributed by atoms with Gasteiger partial charge < -0.3 is 29.7 Å². The summed E-state index contributed by atoms with van der Waals surface area (Å²) in [6.45, 7) is 7.28. The van der Waals surface area contributed by atoms with Crippen LogP contribution in [0.15, 0.2) is 42.6 Å². The van der Waals surface area contributed by atoms with Crippen LogP contribution in [0.25, 0.3) is 10.8 Å². The van der Waals surface area contributed by atoms with Crippen LogP contribution in [0.3, 0.4) is 0 Å². The van der Waals surface area contributed by atoms with Crippen LogP contribution in [0, 0.1) is 17.8 Å². The molecule has 1 saturated heterocycles. The van der Waals surface area contributed by atoms with E-state index in [1.165, 1.54) is 11.1 Å². The molecule has 0 unspecified atom stereocenters. The number of carbonyl (C=O) groups is 4. The Balaban J connectivity index is 1.36. The summed E-state index contributed by atoms with van der Waals surface area (Å²) in [7, 11) is -4.44. The van der Waals surface area contributed by atoms with Crippen molar-refractivity contribution in [2.75, 3.05) is 19.8 Å². The van der Waals surface area contributed by atoms with Crippen molar-refractivity contribution in [3.63, 3.8) is 0 Å². The third-order valence-corrected chi connectivity index (χ3v) is 14.4. The van der Waals surface area contributed by atoms with Crippen molar-refractivity contribution in [3.8, 4) is 11.6 Å². The number of aromatic nitrogens is 1. The first-order valence-corrected chi connectivity index (χ1v) is 21.6. The van der Waals surface area contributed by atoms with E-state index in [4.69, 9.17) is 14.2 Å². The number of allylic oxidation sites excluding steroid dienone is 1. The van der Waals surface area contributed by atoms with E-state index in [0.29, 0.717) is 49.3 Å². The van der Waals surface area contributed by atoms with Gasteiger partial charge >= 0.3 is 6.09 Å². The highest BCUT2D eigenvalue weighted by atomic mass is 32.2. The number of carbonyl (C=O) groups excluding carboxylic acids is 4. The molecule has 59 heavy (non-hydrogen) atoms. The zero-order chi connectivity index (χ0) is 43.1. The minimum atomic E-state index is -4.44. The summed E-state index contributed by atoms with van der Waals surface area (Å²) in [5, 5.41) is 6.60. The molecule has 7 atom stereocenters. The Bertz CT molecular complexity index is 2090. The number of hydrogen-bond donors (Lipinski definition) is 3. The molecule has 3 fully saturated rings. The average molecular weight is 850 g/mol. The second-order valence-corrected chi connectivity index (χ2v) is 19.2. The predicted molar refractivity (Wildman–Crippen MR) is 211 cm³/mol. The lowest BCUT2D eigenvalue weighted by atomic mass is 9.88. The van der Waals surface area contributed by atoms with E-state index in [2.05, 4.69) is 15.6 Å². The molecular weight excluding hydrogens is 796 g/mol. The van der Waals surface area contributed by atoms with Crippen molar-refractivity contribution in [3.05, 3.63) is 42.6 Å². The summed E-state index contributed by atoms with van der Waals surface area (Å²) in [5.41, 5.74) is -3.97. The number of pyridine rings is 1. The quantitative estimate of drug-likeness (QED) is 0.250. The van der Waals surface area contributed by atoms with Gasteiger partial charge in [0.05, 0.1) is 19.3 Å². The Kier molecular flexibility index (Phi) is 12.3. The Hall–Kier alpha value is -4.61. The van der Waals surface area contributed by atoms with Gasteiger partial charge in [0.1, 0.15) is 40.9 Å². The van der Waals surface area contributed by atoms with Gasteiger partial charge in [-0.2, -0.15) is 0 Å². The zero-order valence-electron chi connectivity index (χ0n) is 34.2. The van der Waals surface area contributed by atoms with Gasteiger partial charge in [-0.25, -0.2) is 31.4 Å². The van der Waals surface area contributed by atoms with Crippen molar-refractivity contribution >= 4 is 44.6 Å². The van der Waals surface area contributed by atoms with Crippen LogP contribution in [0.5, 0.6) is 11.6 Å². The summed E-state index contributed by atoms with van der Waals surface area (Å²) in [6, 6.07) is 4.57. The largest absolute Gasteiger partial charge is 0.492 e. The maximum Gasteiger partial charge on any atom is 0.408 e. The molecule has 6 rings (SSSR count). The van der Waals surface area contributed by atoms with Crippen molar-refractivity contribution in [1.29, 1.82) is 0 Å². The van der Waals surface area contributed by atoms with Crippen LogP contribution >= 0.6 is 0 Å². The van der Waals surface area contributed by atoms with Gasteiger partial charge in [0, 0.05) is 30.0 Å². The first-order chi connectivity index (χ1) is 27.7. The minimum absolute atomic E-state index is 0.0126. The lowest BCUT2D eigenvalue weighted by Gasteiger charge is -2.35. The molecule has 4 aliphatic rings. The summed E-state index contributed by atoms with van der Waals surface area (Å²) in [4.78, 5) is 62.3. The fourth-order valence-electron chi connectivity index (χ4n) is 7.89. The topological polar surface area (TPSA) is 182 Å². The molecule has 3 N–H and O–H groups in total. The Morgan fingerprint density at radius 1 is 1.08 bits per heavy atom. The number of hydrogen-bond acceptors (Lipinski definition) is 10. The number of sulfonamides is 1. The fourth-order valence-corrected chi connectivity index (χ4v) is 9.32. The third kappa shape index (κ3) is 8.97. The molecule has 2 aliphatic carbocycles. The van der Waals surface area contributed by atoms with Crippen LogP contribution < -0.4 is 24.8 Å². The SMILES string of the molecule is CCOc1cnc(O[C@@H]2C[C@H]3C(=O)N[C@]4(C(=O)NS(=O)(=O)C5(CF)CC5)C[C@H]4/C=C\CC[C@@H](C)C[C@@H](C)[C@H](NC(=O)OC(C)(C)C(C)(F)F)C(=O)N3C2)c2ccccc12. The van der Waals surface area contributed by atoms with Crippen molar-refractivity contribution < 1.29 is 55.0 Å². The molecular formula is C41H54F3N5O9S. The Labute approximate surface area is 342 Å². The molecule has 0 bridgehead atoms. The van der Waals surface area contributed by atoms with Crippen LogP contribution in [-0.4, -0.2) is 102 Å². The van der Waals surface area contributed by atoms with Crippen LogP contribution in [0.1, 0.15) is 86.5 Å². The molecule has 1 aromatic heterocycles. The van der Waals surface area contributed by atoms with E-state index in [9.17, 15) is 40.8 Å². The second-order valence-electron chi connectivity index (χ2n) is 17.1. The maximum atomic E-state index is 14.8. The highest BCUT2D eigenvalue weighted by Crippen LogP contribution is 2.48. The number of benzene rings is 1. The summed E-state index contributed by atoms with van der Waals surface area (Å²) in [6.07, 6.45) is 4.59. The minimum Gasteiger partial charge on any atom is -0.492 e. The average Bonchev–Trinajstić information content (AvgIpc) is 4.07. The van der Waals surface area contributed by atoms with Gasteiger partial charge in [-0.3, -0.25) is 19.1 Å². The summed E-state index contributed by atoms with van der Waals surface area (Å²) >= 11 is 0. The molecule has 2 aromatic rings. The van der Waals surface area contributed by atoms with E-state index in [1.54, 1.807) is 25.1 Å². The number of fused-ring (bicyclic) bond motifs is 3. The molecule has 0 spiro atoms. The Morgan fingerprint density at radius 2 is 1.78 bits per heavy atom. The zero-order valence-corrected chi connectivity index (χ0v) is 35.0. The van der Waals surface area contributed by atoms with Crippen molar-refractivity contribution in [2.24, 2.45) is 17.8 Å². The van der Waals surface area contributed by atoms with Crippen LogP contribution in [0.2, 0.25) is 0 Å². The normalized spacial score (nSPS) is 29.1. The number of alkyl carbamates (subject to hydrolysis) is 1. The van der Waals surface area contributed by atoms with Gasteiger partial charge in [-0.05, 0) is 77.2 Å². The van der Waals surface area contributed by atoms with Crippen LogP contribution in [0.4, 0.5) is 18.0 Å². The molecule has 3 heterocycles. The molecule has 2 saturated carbocycles. The van der Waals surface area contributed by atoms with Crippen molar-refractivity contribution in [1.82, 2.24) is 25.2 Å². The van der Waals surface area contributed by atoms with E-state index < -0.39 is 92.3 Å². The molecule has 1 aromatic carbocycles. The number of nitrogens with one attached hydrogen (secondary N) is 3. The Morgan fingerprint density at radius 3 is 2.42 bits per heavy atom. The van der Waals surface area contributed by atoms with Gasteiger partial charge in [0.25, 0.3) is 11.8 Å². The number of halogens is 3. The number of rotatable bonds is 11. The van der Waals surface area contributed by atoms with Gasteiger partial charge in [-0.1, -0.05) is 44.2 Å². The highest BCUT2D eigenvalue weighted by Gasteiger charge is 2.64. The van der Waals surface area contributed by atoms with E-state index in [0.717, 1.165) is 13.8 Å². The molecule has 14 nitrogen and oxygen atoms in total. The lowest BCUT2D eigenvalue weighted by Crippen LogP contribution is -2.60. The number of alkyl halides is 3. The number of nitrogens with zero attached hydrogens (tertiary/aromatic N) is 2. The molecule has 2 aliphatic heterocycles. The predicted octanol–water partition coefficient (Wildman–Crippen LogP) is 5.35. The molecule has 4 amide bonds. The van der Waals surface area contributed by atoms with Gasteiger partial charge in [0.15, 0.2) is 5.60 Å². The summed E-state index contributed by atoms with van der Waals surface area (Å²) < 4.78 is 86.8. The van der Waals surface area contributed by atoms with E-state index >= 15 is 0 Å². The maximum absolute atomic E-state index is 14.8. The highest BCUT2D eigenvalue weighted by molar-refractivity contribution is 7.91. The molecule has 0 radical (unpaired) electrons. The monoisotopic (exact) mass is 849 g/mol. The first kappa shape index (κ1) is 44.0. The fraction of sp³-hybridized carbons (Fsp3) is 0.634. The second kappa shape index (κ2) is 16.4. The number of ether oxygens (including phenoxy) is 3. The first-order valence-electron chi connectivity index (χ1n) is 20.1. The standard InChI is InChI=1S/C41H54F3N5O9S/c1-7-56-31-21-45-34(29-15-11-10-14-28(29)31)57-27-19-30-33(50)47-41(36(52)48-59(54,55)40(23-42)16-17-40)20-26(41)13-9-8-12-24(2)18-25(3)32(35(51)49(30)22-27)46-37(53)58-38(4,5)39(6,43)44/h9-11,13-15,21,24-27,30,32H,7-8,12,16-20,22-23H2,1-6H3,(H,46,53)(H,47,50)(H,48,52)/b13-9-/t24-,25-,26-,27-,30+,32+,41-/m1/s1. The van der Waals surface area contributed by atoms with Crippen molar-refractivity contribution in [2.45, 2.75) is 126 Å². The smallest absolute Gasteiger partial charge is 0.408 e. The number of amides is 4. The van der Waals surface area contributed by atoms with Gasteiger partial charge in [0.2, 0.25) is 27.7 Å². The van der Waals surface area contributed by atoms with Crippen LogP contribution in [-0.2, 0) is 29.1 Å². The molecule has 18 heteroatoms. The summed E-state index contributed by atoms with van der Waals surface area (Å²) in [5.74, 6) is -6.45. The van der Waals surface area contributed by atoms with E-state index in [-0.39, 0.29) is 44.0 Å².